The molecule has 4 atom stereocenters. The van der Waals surface area contributed by atoms with Crippen molar-refractivity contribution in [1.29, 1.82) is 0 Å². The van der Waals surface area contributed by atoms with Gasteiger partial charge < -0.3 is 19.9 Å². The Morgan fingerprint density at radius 2 is 2.09 bits per heavy atom. The minimum absolute atomic E-state index is 0.00528. The number of oxime groups is 2. The number of phenols is 1. The number of aromatic hydroxyl groups is 1. The molecule has 0 unspecified atom stereocenters. The molecule has 0 saturated heterocycles. The molecule has 0 spiro atoms. The summed E-state index contributed by atoms with van der Waals surface area (Å²) in [6.45, 7) is 2.30. The first-order chi connectivity index (χ1) is 16.9. The largest absolute Gasteiger partial charge is 0.504 e. The lowest BCUT2D eigenvalue weighted by Crippen LogP contribution is -2.43. The van der Waals surface area contributed by atoms with E-state index in [1.165, 1.54) is 19.2 Å². The lowest BCUT2D eigenvalue weighted by atomic mass is 9.55. The van der Waals surface area contributed by atoms with Gasteiger partial charge >= 0.3 is 0 Å². The Balaban J connectivity index is 1.49. The monoisotopic (exact) mass is 479 g/mol. The second-order valence-electron chi connectivity index (χ2n) is 9.97. The fourth-order valence-electron chi connectivity index (χ4n) is 6.58. The molecule has 9 nitrogen and oxygen atoms in total. The Bertz CT molecular complexity index is 1230. The maximum absolute atomic E-state index is 11.1. The number of phenolic OH excluding ortho intramolecular Hbond substituents is 1. The highest BCUT2D eigenvalue weighted by molar-refractivity contribution is 6.04. The number of nitro groups is 1. The maximum atomic E-state index is 11.1. The Morgan fingerprint density at radius 3 is 2.83 bits per heavy atom. The van der Waals surface area contributed by atoms with Gasteiger partial charge in [-0.25, -0.2) is 0 Å². The van der Waals surface area contributed by atoms with E-state index in [0.29, 0.717) is 23.7 Å². The lowest BCUT2D eigenvalue weighted by molar-refractivity contribution is -0.384. The van der Waals surface area contributed by atoms with Gasteiger partial charge in [-0.1, -0.05) is 29.4 Å². The van der Waals surface area contributed by atoms with Crippen LogP contribution in [-0.2, 0) is 11.4 Å². The number of non-ortho nitro benzene ring substituents is 1. The van der Waals surface area contributed by atoms with E-state index in [4.69, 9.17) is 9.57 Å². The van der Waals surface area contributed by atoms with Crippen LogP contribution in [0.5, 0.6) is 11.5 Å². The molecule has 2 aromatic carbocycles. The van der Waals surface area contributed by atoms with Crippen LogP contribution in [0.3, 0.4) is 0 Å². The van der Waals surface area contributed by atoms with Crippen LogP contribution in [0.25, 0.3) is 0 Å². The Morgan fingerprint density at radius 1 is 1.26 bits per heavy atom. The third-order valence-electron chi connectivity index (χ3n) is 8.32. The molecule has 0 heterocycles. The summed E-state index contributed by atoms with van der Waals surface area (Å²) in [6, 6.07) is 9.91. The Kier molecular flexibility index (Phi) is 5.86. The van der Waals surface area contributed by atoms with Crippen molar-refractivity contribution in [3.8, 4) is 11.5 Å². The molecule has 0 amide bonds. The van der Waals surface area contributed by atoms with Crippen molar-refractivity contribution in [1.82, 2.24) is 0 Å². The third-order valence-corrected chi connectivity index (χ3v) is 8.32. The van der Waals surface area contributed by atoms with Gasteiger partial charge in [-0.3, -0.25) is 10.1 Å². The smallest absolute Gasteiger partial charge is 0.269 e. The summed E-state index contributed by atoms with van der Waals surface area (Å²) in [5.74, 6) is 1.40. The van der Waals surface area contributed by atoms with Gasteiger partial charge in [0.15, 0.2) is 11.5 Å². The number of methoxy groups -OCH3 is 1. The normalized spacial score (nSPS) is 29.4. The molecule has 0 aliphatic heterocycles. The summed E-state index contributed by atoms with van der Waals surface area (Å²) < 4.78 is 5.41. The van der Waals surface area contributed by atoms with Crippen LogP contribution in [0.1, 0.15) is 61.6 Å². The molecule has 0 bridgehead atoms. The first-order valence-corrected chi connectivity index (χ1v) is 11.9. The second-order valence-corrected chi connectivity index (χ2v) is 9.97. The molecule has 3 aliphatic rings. The van der Waals surface area contributed by atoms with Gasteiger partial charge in [-0.2, -0.15) is 0 Å². The van der Waals surface area contributed by atoms with E-state index in [-0.39, 0.29) is 35.3 Å². The van der Waals surface area contributed by atoms with E-state index in [1.807, 2.05) is 6.07 Å². The van der Waals surface area contributed by atoms with Gasteiger partial charge in [0.1, 0.15) is 6.61 Å². The summed E-state index contributed by atoms with van der Waals surface area (Å²) in [5.41, 5.74) is 4.08. The average Bonchev–Trinajstić information content (AvgIpc) is 3.20. The third kappa shape index (κ3) is 3.88. The second kappa shape index (κ2) is 8.87. The van der Waals surface area contributed by atoms with Crippen molar-refractivity contribution in [2.45, 2.75) is 51.6 Å². The van der Waals surface area contributed by atoms with E-state index >= 15 is 0 Å². The van der Waals surface area contributed by atoms with Crippen LogP contribution in [0.4, 0.5) is 5.69 Å². The molecule has 2 fully saturated rings. The molecule has 2 saturated carbocycles. The van der Waals surface area contributed by atoms with Gasteiger partial charge in [0.05, 0.1) is 23.5 Å². The molecular weight excluding hydrogens is 450 g/mol. The van der Waals surface area contributed by atoms with Crippen LogP contribution in [0.2, 0.25) is 0 Å². The number of fused-ring (bicyclic) bond motifs is 5. The number of rotatable bonds is 5. The zero-order chi connectivity index (χ0) is 24.7. The van der Waals surface area contributed by atoms with Crippen LogP contribution in [0, 0.1) is 27.4 Å². The van der Waals surface area contributed by atoms with Crippen molar-refractivity contribution < 1.29 is 24.8 Å². The van der Waals surface area contributed by atoms with Crippen molar-refractivity contribution >= 4 is 17.1 Å². The number of nitro benzene ring substituents is 1. The summed E-state index contributed by atoms with van der Waals surface area (Å²) in [4.78, 5) is 16.3. The molecule has 2 aromatic rings. The highest BCUT2D eigenvalue weighted by Gasteiger charge is 2.54. The Hall–Kier alpha value is -3.62. The molecule has 0 aromatic heterocycles. The molecule has 5 rings (SSSR count). The summed E-state index contributed by atoms with van der Waals surface area (Å²) in [5, 5.41) is 39.3. The molecular formula is C26H29N3O6. The predicted octanol–water partition coefficient (Wildman–Crippen LogP) is 5.37. The van der Waals surface area contributed by atoms with Crippen LogP contribution in [-0.4, -0.2) is 33.8 Å². The molecule has 184 valence electrons. The van der Waals surface area contributed by atoms with Gasteiger partial charge in [-0.15, -0.1) is 0 Å². The van der Waals surface area contributed by atoms with Crippen molar-refractivity contribution in [3.63, 3.8) is 0 Å². The number of benzene rings is 2. The van der Waals surface area contributed by atoms with E-state index < -0.39 is 4.92 Å². The van der Waals surface area contributed by atoms with Gasteiger partial charge in [0.25, 0.3) is 5.69 Å². The minimum Gasteiger partial charge on any atom is -0.504 e. The zero-order valence-electron chi connectivity index (χ0n) is 19.8. The number of nitrogens with zero attached hydrogens (tertiary/aromatic N) is 3. The standard InChI is InChI=1S/C26H29N3O6/c1-26-9-8-17-18-13-24(34-2)23(30)12-20(18)22(11-19(17)21(26)6-7-25(26)27-31)28-35-14-15-4-3-5-16(10-15)29(32)33/h3-5,10,12-13,17,19,21,30-31H,6-9,11,14H2,1-2H3/b27-25+,28-22+/t17-,19-,21+,26+/m1/s1. The first-order valence-electron chi connectivity index (χ1n) is 11.9. The zero-order valence-corrected chi connectivity index (χ0v) is 19.8. The van der Waals surface area contributed by atoms with Crippen LogP contribution in [0.15, 0.2) is 46.7 Å². The predicted molar refractivity (Wildman–Crippen MR) is 129 cm³/mol. The fraction of sp³-hybridized carbons (Fsp3) is 0.462. The molecule has 3 aliphatic carbocycles. The minimum atomic E-state index is -0.436. The SMILES string of the molecule is COc1cc2c(cc1O)/C(=N/OCc1cccc([N+](=O)[O-])c1)C[C@@H]1[C@@H]2CC[C@]2(C)/C(=N/O)CC[C@@H]12. The van der Waals surface area contributed by atoms with E-state index in [1.54, 1.807) is 18.2 Å². The van der Waals surface area contributed by atoms with Crippen molar-refractivity contribution in [3.05, 3.63) is 63.2 Å². The van der Waals surface area contributed by atoms with Crippen molar-refractivity contribution in [2.24, 2.45) is 27.6 Å². The fourth-order valence-corrected chi connectivity index (χ4v) is 6.58. The van der Waals surface area contributed by atoms with Gasteiger partial charge in [0.2, 0.25) is 0 Å². The van der Waals surface area contributed by atoms with Crippen molar-refractivity contribution in [2.75, 3.05) is 7.11 Å². The highest BCUT2D eigenvalue weighted by atomic mass is 16.6. The summed E-state index contributed by atoms with van der Waals surface area (Å²) in [7, 11) is 1.54. The maximum Gasteiger partial charge on any atom is 0.269 e. The quantitative estimate of drug-likeness (QED) is 0.337. The summed E-state index contributed by atoms with van der Waals surface area (Å²) in [6.07, 6.45) is 4.32. The Labute approximate surface area is 203 Å². The first kappa shape index (κ1) is 23.1. The molecule has 2 N–H and O–H groups in total. The van der Waals surface area contributed by atoms with E-state index in [2.05, 4.69) is 17.2 Å². The van der Waals surface area contributed by atoms with Crippen LogP contribution < -0.4 is 4.74 Å². The average molecular weight is 480 g/mol. The van der Waals surface area contributed by atoms with Crippen LogP contribution >= 0.6 is 0 Å². The number of hydrogen-bond acceptors (Lipinski definition) is 8. The van der Waals surface area contributed by atoms with Gasteiger partial charge in [0, 0.05) is 23.1 Å². The van der Waals surface area contributed by atoms with E-state index in [0.717, 1.165) is 48.2 Å². The summed E-state index contributed by atoms with van der Waals surface area (Å²) >= 11 is 0. The lowest BCUT2D eigenvalue weighted by Gasteiger charge is -2.48. The van der Waals surface area contributed by atoms with Gasteiger partial charge in [-0.05, 0) is 73.1 Å². The molecule has 35 heavy (non-hydrogen) atoms. The number of ether oxygens (including phenoxy) is 1. The highest BCUT2D eigenvalue weighted by Crippen LogP contribution is 2.60. The number of hydrogen-bond donors (Lipinski definition) is 2. The van der Waals surface area contributed by atoms with E-state index in [9.17, 15) is 20.4 Å². The molecule has 9 heteroatoms. The topological polar surface area (TPSA) is 127 Å². The molecule has 0 radical (unpaired) electrons.